The van der Waals surface area contributed by atoms with Gasteiger partial charge in [-0.05, 0) is 17.7 Å². The first-order valence-corrected chi connectivity index (χ1v) is 8.49. The number of anilines is 1. The Kier molecular flexibility index (Phi) is 5.46. The maximum Gasteiger partial charge on any atom is 0.288 e. The van der Waals surface area contributed by atoms with E-state index in [1.54, 1.807) is 0 Å². The van der Waals surface area contributed by atoms with E-state index in [2.05, 4.69) is 10.4 Å². The molecule has 2 aromatic carbocycles. The molecule has 8 nitrogen and oxygen atoms in total. The number of nitro groups is 1. The molecular weight excluding hydrogens is 372 g/mol. The predicted octanol–water partition coefficient (Wildman–Crippen LogP) is 3.37. The molecule has 2 aromatic rings. The van der Waals surface area contributed by atoms with Crippen molar-refractivity contribution < 1.29 is 14.5 Å². The van der Waals surface area contributed by atoms with Crippen LogP contribution in [0.1, 0.15) is 18.4 Å². The fraction of sp³-hybridized carbons (Fsp3) is 0.167. The zero-order valence-corrected chi connectivity index (χ0v) is 14.8. The highest BCUT2D eigenvalue weighted by atomic mass is 35.5. The number of benzene rings is 2. The number of carbonyl (C=O) groups is 2. The van der Waals surface area contributed by atoms with Crippen LogP contribution in [-0.2, 0) is 16.1 Å². The Bertz CT molecular complexity index is 930. The number of nitrogens with zero attached hydrogens (tertiary/aromatic N) is 3. The van der Waals surface area contributed by atoms with Crippen molar-refractivity contribution in [3.63, 3.8) is 0 Å². The van der Waals surface area contributed by atoms with Crippen molar-refractivity contribution in [3.05, 3.63) is 69.2 Å². The number of hydrogen-bond acceptors (Lipinski definition) is 5. The van der Waals surface area contributed by atoms with E-state index in [4.69, 9.17) is 11.6 Å². The molecule has 9 heteroatoms. The Morgan fingerprint density at radius 3 is 2.63 bits per heavy atom. The standard InChI is InChI=1S/C18H15ClN4O4/c19-14-10-13(6-8-16(14)23(26)27)20-18(25)15-7-9-17(24)22(21-15)11-12-4-2-1-3-5-12/h1-6,8,10H,7,9,11H2,(H,20,25). The number of hydrogen-bond donors (Lipinski definition) is 1. The summed E-state index contributed by atoms with van der Waals surface area (Å²) in [5.74, 6) is -0.640. The minimum absolute atomic E-state index is 0.0794. The lowest BCUT2D eigenvalue weighted by Crippen LogP contribution is -2.36. The lowest BCUT2D eigenvalue weighted by Gasteiger charge is -2.23. The van der Waals surface area contributed by atoms with Crippen molar-refractivity contribution in [2.24, 2.45) is 5.10 Å². The summed E-state index contributed by atoms with van der Waals surface area (Å²) >= 11 is 5.85. The van der Waals surface area contributed by atoms with Crippen LogP contribution in [0.25, 0.3) is 0 Å². The molecule has 0 spiro atoms. The molecule has 0 aliphatic carbocycles. The van der Waals surface area contributed by atoms with Crippen LogP contribution < -0.4 is 5.32 Å². The SMILES string of the molecule is O=C(Nc1ccc([N+](=O)[O-])c(Cl)c1)C1=NN(Cc2ccccc2)C(=O)CC1. The van der Waals surface area contributed by atoms with Crippen LogP contribution >= 0.6 is 11.6 Å². The fourth-order valence-electron chi connectivity index (χ4n) is 2.58. The average molecular weight is 387 g/mol. The average Bonchev–Trinajstić information content (AvgIpc) is 2.64. The molecule has 0 aromatic heterocycles. The van der Waals surface area contributed by atoms with E-state index in [0.717, 1.165) is 5.56 Å². The third kappa shape index (κ3) is 4.48. The molecule has 1 N–H and O–H groups in total. The molecule has 27 heavy (non-hydrogen) atoms. The van der Waals surface area contributed by atoms with Gasteiger partial charge in [-0.25, -0.2) is 5.01 Å². The van der Waals surface area contributed by atoms with Gasteiger partial charge in [0, 0.05) is 24.6 Å². The van der Waals surface area contributed by atoms with Crippen molar-refractivity contribution in [1.29, 1.82) is 0 Å². The summed E-state index contributed by atoms with van der Waals surface area (Å²) in [4.78, 5) is 34.7. The Balaban J connectivity index is 1.73. The van der Waals surface area contributed by atoms with Crippen LogP contribution in [0.15, 0.2) is 53.6 Å². The van der Waals surface area contributed by atoms with Crippen LogP contribution in [0, 0.1) is 10.1 Å². The van der Waals surface area contributed by atoms with E-state index < -0.39 is 10.8 Å². The minimum Gasteiger partial charge on any atom is -0.321 e. The van der Waals surface area contributed by atoms with E-state index in [9.17, 15) is 19.7 Å². The number of hydrazone groups is 1. The zero-order valence-electron chi connectivity index (χ0n) is 14.1. The van der Waals surface area contributed by atoms with Gasteiger partial charge in [0.1, 0.15) is 10.7 Å². The van der Waals surface area contributed by atoms with Gasteiger partial charge in [0.05, 0.1) is 11.5 Å². The normalized spacial score (nSPS) is 13.9. The molecule has 0 saturated carbocycles. The smallest absolute Gasteiger partial charge is 0.288 e. The van der Waals surface area contributed by atoms with Crippen LogP contribution in [0.5, 0.6) is 0 Å². The van der Waals surface area contributed by atoms with Crippen LogP contribution in [0.2, 0.25) is 5.02 Å². The van der Waals surface area contributed by atoms with Crippen LogP contribution in [-0.4, -0.2) is 27.5 Å². The number of nitro benzene ring substituents is 1. The first-order valence-electron chi connectivity index (χ1n) is 8.11. The van der Waals surface area contributed by atoms with E-state index in [0.29, 0.717) is 5.69 Å². The third-order valence-electron chi connectivity index (χ3n) is 3.94. The highest BCUT2D eigenvalue weighted by Crippen LogP contribution is 2.27. The van der Waals surface area contributed by atoms with Gasteiger partial charge in [-0.15, -0.1) is 0 Å². The second-order valence-electron chi connectivity index (χ2n) is 5.86. The Morgan fingerprint density at radius 2 is 1.96 bits per heavy atom. The number of amides is 2. The fourth-order valence-corrected chi connectivity index (χ4v) is 2.83. The monoisotopic (exact) mass is 386 g/mol. The van der Waals surface area contributed by atoms with Gasteiger partial charge in [-0.3, -0.25) is 19.7 Å². The van der Waals surface area contributed by atoms with E-state index in [1.807, 2.05) is 30.3 Å². The second-order valence-corrected chi connectivity index (χ2v) is 6.27. The Hall–Kier alpha value is -3.26. The van der Waals surface area contributed by atoms with E-state index in [-0.39, 0.29) is 41.7 Å². The second kappa shape index (κ2) is 7.96. The largest absolute Gasteiger partial charge is 0.321 e. The summed E-state index contributed by atoms with van der Waals surface area (Å²) < 4.78 is 0. The molecule has 1 heterocycles. The lowest BCUT2D eigenvalue weighted by molar-refractivity contribution is -0.384. The molecule has 0 bridgehead atoms. The summed E-state index contributed by atoms with van der Waals surface area (Å²) in [5, 5.41) is 18.8. The maximum atomic E-state index is 12.4. The summed E-state index contributed by atoms with van der Waals surface area (Å²) in [7, 11) is 0. The molecule has 138 valence electrons. The lowest BCUT2D eigenvalue weighted by atomic mass is 10.1. The molecule has 1 aliphatic heterocycles. The van der Waals surface area contributed by atoms with Crippen molar-refractivity contribution in [2.75, 3.05) is 5.32 Å². The number of carbonyl (C=O) groups excluding carboxylic acids is 2. The highest BCUT2D eigenvalue weighted by Gasteiger charge is 2.25. The van der Waals surface area contributed by atoms with Gasteiger partial charge < -0.3 is 5.32 Å². The third-order valence-corrected chi connectivity index (χ3v) is 4.25. The molecule has 3 rings (SSSR count). The Morgan fingerprint density at radius 1 is 1.22 bits per heavy atom. The molecular formula is C18H15ClN4O4. The molecule has 1 aliphatic rings. The van der Waals surface area contributed by atoms with E-state index in [1.165, 1.54) is 23.2 Å². The molecule has 0 fully saturated rings. The van der Waals surface area contributed by atoms with Crippen molar-refractivity contribution in [3.8, 4) is 0 Å². The van der Waals surface area contributed by atoms with Crippen molar-refractivity contribution >= 4 is 40.5 Å². The number of rotatable bonds is 5. The van der Waals surface area contributed by atoms with Crippen molar-refractivity contribution in [2.45, 2.75) is 19.4 Å². The van der Waals surface area contributed by atoms with Crippen molar-refractivity contribution in [1.82, 2.24) is 5.01 Å². The van der Waals surface area contributed by atoms with Gasteiger partial charge in [0.2, 0.25) is 5.91 Å². The van der Waals surface area contributed by atoms with Gasteiger partial charge in [-0.2, -0.15) is 5.10 Å². The van der Waals surface area contributed by atoms with Crippen LogP contribution in [0.3, 0.4) is 0 Å². The molecule has 0 saturated heterocycles. The van der Waals surface area contributed by atoms with E-state index >= 15 is 0 Å². The van der Waals surface area contributed by atoms with Crippen LogP contribution in [0.4, 0.5) is 11.4 Å². The van der Waals surface area contributed by atoms with Gasteiger partial charge >= 0.3 is 0 Å². The molecule has 0 radical (unpaired) electrons. The molecule has 0 atom stereocenters. The van der Waals surface area contributed by atoms with Gasteiger partial charge in [-0.1, -0.05) is 41.9 Å². The first kappa shape index (κ1) is 18.5. The quantitative estimate of drug-likeness (QED) is 0.628. The minimum atomic E-state index is -0.605. The first-order chi connectivity index (χ1) is 12.9. The zero-order chi connectivity index (χ0) is 19.4. The van der Waals surface area contributed by atoms with Gasteiger partial charge in [0.15, 0.2) is 0 Å². The topological polar surface area (TPSA) is 105 Å². The molecule has 0 unspecified atom stereocenters. The number of halogens is 1. The maximum absolute atomic E-state index is 12.4. The summed E-state index contributed by atoms with van der Waals surface area (Å²) in [6.07, 6.45) is 0.400. The summed E-state index contributed by atoms with van der Waals surface area (Å²) in [6, 6.07) is 13.2. The predicted molar refractivity (Wildman–Crippen MR) is 100 cm³/mol. The summed E-state index contributed by atoms with van der Waals surface area (Å²) in [6.45, 7) is 0.278. The highest BCUT2D eigenvalue weighted by molar-refractivity contribution is 6.43. The Labute approximate surface area is 159 Å². The number of nitrogens with one attached hydrogen (secondary N) is 1. The van der Waals surface area contributed by atoms with Gasteiger partial charge in [0.25, 0.3) is 11.6 Å². The summed E-state index contributed by atoms with van der Waals surface area (Å²) in [5.41, 5.74) is 1.17. The molecule has 2 amide bonds.